The van der Waals surface area contributed by atoms with Gasteiger partial charge in [-0.15, -0.1) is 0 Å². The minimum Gasteiger partial charge on any atom is -0.341 e. The van der Waals surface area contributed by atoms with E-state index >= 15 is 0 Å². The molecule has 2 rings (SSSR count). The summed E-state index contributed by atoms with van der Waals surface area (Å²) >= 11 is 5.90. The van der Waals surface area contributed by atoms with Crippen molar-refractivity contribution in [2.75, 3.05) is 11.4 Å². The molecule has 4 nitrogen and oxygen atoms in total. The first-order valence-electron chi connectivity index (χ1n) is 6.39. The van der Waals surface area contributed by atoms with Gasteiger partial charge in [0.05, 0.1) is 4.92 Å². The topological polar surface area (TPSA) is 46.4 Å². The van der Waals surface area contributed by atoms with E-state index in [1.807, 2.05) is 24.3 Å². The van der Waals surface area contributed by atoms with E-state index in [1.54, 1.807) is 12.1 Å². The van der Waals surface area contributed by atoms with Crippen LogP contribution in [0.5, 0.6) is 0 Å². The molecule has 0 fully saturated rings. The SMILES string of the molecule is CCCN(c1ccc(Cl)cc1)c1ccc([N+](=O)[O-])cc1. The third-order valence-electron chi connectivity index (χ3n) is 2.96. The third-order valence-corrected chi connectivity index (χ3v) is 3.21. The van der Waals surface area contributed by atoms with Crippen LogP contribution < -0.4 is 4.90 Å². The van der Waals surface area contributed by atoms with Crippen LogP contribution in [0.1, 0.15) is 13.3 Å². The van der Waals surface area contributed by atoms with E-state index in [0.717, 1.165) is 24.3 Å². The van der Waals surface area contributed by atoms with Crippen LogP contribution in [0.25, 0.3) is 0 Å². The summed E-state index contributed by atoms with van der Waals surface area (Å²) in [5.74, 6) is 0. The van der Waals surface area contributed by atoms with Crippen molar-refractivity contribution >= 4 is 28.7 Å². The predicted molar refractivity (Wildman–Crippen MR) is 81.8 cm³/mol. The molecule has 0 aliphatic heterocycles. The van der Waals surface area contributed by atoms with E-state index in [2.05, 4.69) is 11.8 Å². The molecule has 0 unspecified atom stereocenters. The lowest BCUT2D eigenvalue weighted by Crippen LogP contribution is -2.17. The zero-order valence-electron chi connectivity index (χ0n) is 11.1. The number of hydrogen-bond donors (Lipinski definition) is 0. The lowest BCUT2D eigenvalue weighted by molar-refractivity contribution is -0.384. The molecule has 0 radical (unpaired) electrons. The molecule has 20 heavy (non-hydrogen) atoms. The van der Waals surface area contributed by atoms with E-state index in [0.29, 0.717) is 5.02 Å². The van der Waals surface area contributed by atoms with Crippen molar-refractivity contribution in [2.45, 2.75) is 13.3 Å². The van der Waals surface area contributed by atoms with E-state index in [4.69, 9.17) is 11.6 Å². The minimum atomic E-state index is -0.393. The van der Waals surface area contributed by atoms with Crippen molar-refractivity contribution in [3.63, 3.8) is 0 Å². The van der Waals surface area contributed by atoms with Crippen molar-refractivity contribution in [3.05, 3.63) is 63.7 Å². The molecule has 0 saturated carbocycles. The van der Waals surface area contributed by atoms with Gasteiger partial charge in [-0.05, 0) is 42.8 Å². The number of nitro benzene ring substituents is 1. The molecule has 2 aromatic rings. The Morgan fingerprint density at radius 2 is 1.55 bits per heavy atom. The van der Waals surface area contributed by atoms with Crippen molar-refractivity contribution in [1.82, 2.24) is 0 Å². The number of benzene rings is 2. The number of non-ortho nitro benzene ring substituents is 1. The number of hydrogen-bond acceptors (Lipinski definition) is 3. The Balaban J connectivity index is 2.32. The van der Waals surface area contributed by atoms with Crippen LogP contribution in [0, 0.1) is 10.1 Å². The van der Waals surface area contributed by atoms with Crippen LogP contribution in [0.2, 0.25) is 5.02 Å². The average Bonchev–Trinajstić information content (AvgIpc) is 2.46. The maximum atomic E-state index is 10.7. The maximum absolute atomic E-state index is 10.7. The molecule has 0 saturated heterocycles. The second kappa shape index (κ2) is 6.39. The Labute approximate surface area is 122 Å². The van der Waals surface area contributed by atoms with Gasteiger partial charge in [0.25, 0.3) is 5.69 Å². The van der Waals surface area contributed by atoms with Gasteiger partial charge in [0, 0.05) is 35.1 Å². The summed E-state index contributed by atoms with van der Waals surface area (Å²) in [7, 11) is 0. The minimum absolute atomic E-state index is 0.0984. The molecule has 0 heterocycles. The third kappa shape index (κ3) is 3.27. The monoisotopic (exact) mass is 290 g/mol. The highest BCUT2D eigenvalue weighted by molar-refractivity contribution is 6.30. The fourth-order valence-corrected chi connectivity index (χ4v) is 2.13. The van der Waals surface area contributed by atoms with Crippen LogP contribution in [-0.4, -0.2) is 11.5 Å². The molecule has 2 aromatic carbocycles. The molecule has 0 aliphatic rings. The summed E-state index contributed by atoms with van der Waals surface area (Å²) in [6.07, 6.45) is 0.972. The zero-order valence-corrected chi connectivity index (χ0v) is 11.9. The van der Waals surface area contributed by atoms with Crippen LogP contribution in [0.15, 0.2) is 48.5 Å². The van der Waals surface area contributed by atoms with Crippen LogP contribution in [0.3, 0.4) is 0 Å². The van der Waals surface area contributed by atoms with Crippen molar-refractivity contribution in [3.8, 4) is 0 Å². The fraction of sp³-hybridized carbons (Fsp3) is 0.200. The largest absolute Gasteiger partial charge is 0.341 e. The Morgan fingerprint density at radius 1 is 1.05 bits per heavy atom. The quantitative estimate of drug-likeness (QED) is 0.587. The van der Waals surface area contributed by atoms with Gasteiger partial charge in [-0.2, -0.15) is 0 Å². The van der Waals surface area contributed by atoms with Gasteiger partial charge < -0.3 is 4.90 Å². The highest BCUT2D eigenvalue weighted by atomic mass is 35.5. The molecule has 0 amide bonds. The van der Waals surface area contributed by atoms with Gasteiger partial charge in [0.1, 0.15) is 0 Å². The van der Waals surface area contributed by atoms with Gasteiger partial charge in [-0.25, -0.2) is 0 Å². The number of nitrogens with zero attached hydrogens (tertiary/aromatic N) is 2. The van der Waals surface area contributed by atoms with Crippen LogP contribution >= 0.6 is 11.6 Å². The summed E-state index contributed by atoms with van der Waals surface area (Å²) in [6.45, 7) is 2.92. The molecule has 0 spiro atoms. The molecule has 0 bridgehead atoms. The Morgan fingerprint density at radius 3 is 2.00 bits per heavy atom. The van der Waals surface area contributed by atoms with Crippen LogP contribution in [-0.2, 0) is 0 Å². The van der Waals surface area contributed by atoms with Crippen molar-refractivity contribution in [2.24, 2.45) is 0 Å². The standard InChI is InChI=1S/C15H15ClN2O2/c1-2-11-17(13-5-3-12(16)4-6-13)14-7-9-15(10-8-14)18(19)20/h3-10H,2,11H2,1H3. The molecule has 0 atom stereocenters. The second-order valence-corrected chi connectivity index (χ2v) is 4.84. The van der Waals surface area contributed by atoms with Crippen molar-refractivity contribution < 1.29 is 4.92 Å². The molecule has 0 aromatic heterocycles. The van der Waals surface area contributed by atoms with E-state index in [-0.39, 0.29) is 5.69 Å². The lowest BCUT2D eigenvalue weighted by Gasteiger charge is -2.24. The van der Waals surface area contributed by atoms with Gasteiger partial charge >= 0.3 is 0 Å². The Kier molecular flexibility index (Phi) is 4.58. The van der Waals surface area contributed by atoms with E-state index in [9.17, 15) is 10.1 Å². The number of rotatable bonds is 5. The van der Waals surface area contributed by atoms with Gasteiger partial charge in [-0.3, -0.25) is 10.1 Å². The fourth-order valence-electron chi connectivity index (χ4n) is 2.01. The average molecular weight is 291 g/mol. The number of anilines is 2. The summed E-state index contributed by atoms with van der Waals surface area (Å²) < 4.78 is 0. The molecule has 5 heteroatoms. The van der Waals surface area contributed by atoms with Gasteiger partial charge in [0.2, 0.25) is 0 Å². The van der Waals surface area contributed by atoms with E-state index in [1.165, 1.54) is 12.1 Å². The summed E-state index contributed by atoms with van der Waals surface area (Å²) in [4.78, 5) is 12.4. The van der Waals surface area contributed by atoms with Crippen LogP contribution in [0.4, 0.5) is 17.1 Å². The molecule has 0 N–H and O–H groups in total. The zero-order chi connectivity index (χ0) is 14.5. The number of halogens is 1. The maximum Gasteiger partial charge on any atom is 0.269 e. The van der Waals surface area contributed by atoms with E-state index < -0.39 is 4.92 Å². The predicted octanol–water partition coefficient (Wildman–Crippen LogP) is 4.80. The first kappa shape index (κ1) is 14.3. The molecular weight excluding hydrogens is 276 g/mol. The summed E-state index contributed by atoms with van der Waals surface area (Å²) in [5.41, 5.74) is 2.05. The highest BCUT2D eigenvalue weighted by Crippen LogP contribution is 2.28. The summed E-state index contributed by atoms with van der Waals surface area (Å²) in [5, 5.41) is 11.4. The molecule has 0 aliphatic carbocycles. The van der Waals surface area contributed by atoms with Gasteiger partial charge in [-0.1, -0.05) is 18.5 Å². The summed E-state index contributed by atoms with van der Waals surface area (Å²) in [6, 6.07) is 14.1. The lowest BCUT2D eigenvalue weighted by atomic mass is 10.2. The smallest absolute Gasteiger partial charge is 0.269 e. The van der Waals surface area contributed by atoms with Crippen molar-refractivity contribution in [1.29, 1.82) is 0 Å². The first-order valence-corrected chi connectivity index (χ1v) is 6.77. The normalized spacial score (nSPS) is 10.3. The highest BCUT2D eigenvalue weighted by Gasteiger charge is 2.10. The molecular formula is C15H15ClN2O2. The molecule has 104 valence electrons. The number of nitro groups is 1. The Hall–Kier alpha value is -2.07. The Bertz CT molecular complexity index is 582. The van der Waals surface area contributed by atoms with Gasteiger partial charge in [0.15, 0.2) is 0 Å². The second-order valence-electron chi connectivity index (χ2n) is 4.40. The first-order chi connectivity index (χ1) is 9.61.